The molecule has 0 aliphatic carbocycles. The Morgan fingerprint density at radius 3 is 3.00 bits per heavy atom. The topological polar surface area (TPSA) is 69.9 Å². The number of hydroxylamine groups is 1. The molecule has 1 aromatic carbocycles. The standard InChI is InChI=1S/C10H10FN3O2S/c1-2-16-14-9(15)6-3-5(11)4-7-8(6)13-10(17)12-7/h3-4H,2H2,1H3,(H,14,15)(H2,12,13,17). The molecule has 90 valence electrons. The van der Waals surface area contributed by atoms with Gasteiger partial charge in [-0.15, -0.1) is 0 Å². The van der Waals surface area contributed by atoms with Crippen LogP contribution in [0.15, 0.2) is 12.1 Å². The lowest BCUT2D eigenvalue weighted by atomic mass is 10.1. The molecule has 0 bridgehead atoms. The van der Waals surface area contributed by atoms with Crippen molar-refractivity contribution >= 4 is 29.2 Å². The average molecular weight is 255 g/mol. The molecule has 0 fully saturated rings. The van der Waals surface area contributed by atoms with E-state index in [4.69, 9.17) is 17.1 Å². The van der Waals surface area contributed by atoms with Crippen LogP contribution < -0.4 is 5.48 Å². The third kappa shape index (κ3) is 2.34. The minimum atomic E-state index is -0.526. The van der Waals surface area contributed by atoms with E-state index in [2.05, 4.69) is 15.4 Å². The maximum Gasteiger partial charge on any atom is 0.277 e. The summed E-state index contributed by atoms with van der Waals surface area (Å²) in [5.74, 6) is -1.05. The van der Waals surface area contributed by atoms with Crippen molar-refractivity contribution in [1.82, 2.24) is 15.4 Å². The second-order valence-electron chi connectivity index (χ2n) is 3.32. The van der Waals surface area contributed by atoms with Crippen LogP contribution in [-0.4, -0.2) is 22.5 Å². The van der Waals surface area contributed by atoms with Gasteiger partial charge in [-0.05, 0) is 31.3 Å². The predicted molar refractivity (Wildman–Crippen MR) is 62.5 cm³/mol. The Labute approximate surface area is 101 Å². The molecule has 3 N–H and O–H groups in total. The second kappa shape index (κ2) is 4.64. The van der Waals surface area contributed by atoms with E-state index in [1.807, 2.05) is 0 Å². The molecule has 1 amide bonds. The smallest absolute Gasteiger partial charge is 0.277 e. The minimum absolute atomic E-state index is 0.140. The fourth-order valence-electron chi connectivity index (χ4n) is 1.48. The number of hydrogen-bond donors (Lipinski definition) is 3. The summed E-state index contributed by atoms with van der Waals surface area (Å²) in [4.78, 5) is 22.0. The maximum absolute atomic E-state index is 13.3. The van der Waals surface area contributed by atoms with E-state index in [1.54, 1.807) is 6.92 Å². The van der Waals surface area contributed by atoms with Crippen LogP contribution >= 0.6 is 12.2 Å². The number of nitrogens with one attached hydrogen (secondary N) is 3. The highest BCUT2D eigenvalue weighted by molar-refractivity contribution is 7.71. The lowest BCUT2D eigenvalue weighted by Gasteiger charge is -2.04. The summed E-state index contributed by atoms with van der Waals surface area (Å²) in [5.41, 5.74) is 3.24. The summed E-state index contributed by atoms with van der Waals surface area (Å²) in [7, 11) is 0. The monoisotopic (exact) mass is 255 g/mol. The van der Waals surface area contributed by atoms with Gasteiger partial charge in [0.25, 0.3) is 5.91 Å². The number of carbonyl (C=O) groups excluding carboxylic acids is 1. The molecule has 0 saturated carbocycles. The molecule has 7 heteroatoms. The number of rotatable bonds is 3. The largest absolute Gasteiger partial charge is 0.331 e. The number of benzene rings is 1. The lowest BCUT2D eigenvalue weighted by molar-refractivity contribution is 0.0365. The highest BCUT2D eigenvalue weighted by Gasteiger charge is 2.13. The first-order chi connectivity index (χ1) is 8.11. The lowest BCUT2D eigenvalue weighted by Crippen LogP contribution is -2.24. The molecular weight excluding hydrogens is 245 g/mol. The van der Waals surface area contributed by atoms with Gasteiger partial charge in [0, 0.05) is 0 Å². The molecular formula is C10H10FN3O2S. The summed E-state index contributed by atoms with van der Waals surface area (Å²) in [5, 5.41) is 0. The molecule has 17 heavy (non-hydrogen) atoms. The summed E-state index contributed by atoms with van der Waals surface area (Å²) < 4.78 is 13.6. The minimum Gasteiger partial charge on any atom is -0.331 e. The number of H-pyrrole nitrogens is 2. The van der Waals surface area contributed by atoms with Gasteiger partial charge in [-0.3, -0.25) is 9.63 Å². The predicted octanol–water partition coefficient (Wildman–Crippen LogP) is 2.05. The van der Waals surface area contributed by atoms with Crippen molar-refractivity contribution in [3.05, 3.63) is 28.3 Å². The molecule has 2 aromatic rings. The summed E-state index contributed by atoms with van der Waals surface area (Å²) in [6, 6.07) is 2.38. The van der Waals surface area contributed by atoms with E-state index in [0.717, 1.165) is 6.07 Å². The van der Waals surface area contributed by atoms with Crippen molar-refractivity contribution in [3.8, 4) is 0 Å². The fourth-order valence-corrected chi connectivity index (χ4v) is 1.69. The number of aromatic nitrogens is 2. The summed E-state index contributed by atoms with van der Waals surface area (Å²) in [6.45, 7) is 2.05. The van der Waals surface area contributed by atoms with Crippen LogP contribution in [0, 0.1) is 10.6 Å². The third-order valence-electron chi connectivity index (χ3n) is 2.14. The molecule has 0 aliphatic rings. The summed E-state index contributed by atoms with van der Waals surface area (Å²) in [6.07, 6.45) is 0. The van der Waals surface area contributed by atoms with Gasteiger partial charge in [0.2, 0.25) is 0 Å². The van der Waals surface area contributed by atoms with Crippen LogP contribution in [0.5, 0.6) is 0 Å². The first-order valence-electron chi connectivity index (χ1n) is 4.95. The Bertz CT molecular complexity index is 620. The Kier molecular flexibility index (Phi) is 3.21. The van der Waals surface area contributed by atoms with Gasteiger partial charge in [-0.25, -0.2) is 9.87 Å². The van der Waals surface area contributed by atoms with E-state index < -0.39 is 11.7 Å². The van der Waals surface area contributed by atoms with Crippen molar-refractivity contribution in [3.63, 3.8) is 0 Å². The average Bonchev–Trinajstić information content (AvgIpc) is 2.64. The Balaban J connectivity index is 2.51. The second-order valence-corrected chi connectivity index (χ2v) is 3.73. The Morgan fingerprint density at radius 2 is 2.29 bits per heavy atom. The van der Waals surface area contributed by atoms with Gasteiger partial charge >= 0.3 is 0 Å². The Hall–Kier alpha value is -1.73. The van der Waals surface area contributed by atoms with Crippen molar-refractivity contribution in [2.75, 3.05) is 6.61 Å². The zero-order valence-electron chi connectivity index (χ0n) is 8.96. The number of aromatic amines is 2. The highest BCUT2D eigenvalue weighted by Crippen LogP contribution is 2.17. The number of carbonyl (C=O) groups is 1. The van der Waals surface area contributed by atoms with Gasteiger partial charge < -0.3 is 9.97 Å². The first kappa shape index (κ1) is 11.7. The normalized spacial score (nSPS) is 10.7. The third-order valence-corrected chi connectivity index (χ3v) is 2.35. The quantitative estimate of drug-likeness (QED) is 0.580. The van der Waals surface area contributed by atoms with E-state index in [-0.39, 0.29) is 5.56 Å². The highest BCUT2D eigenvalue weighted by atomic mass is 32.1. The zero-order valence-corrected chi connectivity index (χ0v) is 9.78. The van der Waals surface area contributed by atoms with Gasteiger partial charge in [-0.2, -0.15) is 0 Å². The van der Waals surface area contributed by atoms with E-state index >= 15 is 0 Å². The van der Waals surface area contributed by atoms with Crippen LogP contribution in [0.3, 0.4) is 0 Å². The number of fused-ring (bicyclic) bond motifs is 1. The van der Waals surface area contributed by atoms with Crippen LogP contribution in [0.25, 0.3) is 11.0 Å². The first-order valence-corrected chi connectivity index (χ1v) is 5.36. The van der Waals surface area contributed by atoms with Gasteiger partial charge in [0.05, 0.1) is 23.2 Å². The van der Waals surface area contributed by atoms with E-state index in [9.17, 15) is 9.18 Å². The van der Waals surface area contributed by atoms with Crippen LogP contribution in [0.1, 0.15) is 17.3 Å². The molecule has 2 rings (SSSR count). The zero-order chi connectivity index (χ0) is 12.4. The molecule has 1 heterocycles. The van der Waals surface area contributed by atoms with Gasteiger partial charge in [-0.1, -0.05) is 0 Å². The van der Waals surface area contributed by atoms with Crippen LogP contribution in [-0.2, 0) is 4.84 Å². The molecule has 0 saturated heterocycles. The number of hydrogen-bond acceptors (Lipinski definition) is 3. The molecule has 5 nitrogen and oxygen atoms in total. The molecule has 1 aromatic heterocycles. The molecule has 0 unspecified atom stereocenters. The molecule has 0 aliphatic heterocycles. The summed E-state index contributed by atoms with van der Waals surface area (Å²) >= 11 is 4.89. The molecule has 0 spiro atoms. The van der Waals surface area contributed by atoms with Crippen LogP contribution in [0.2, 0.25) is 0 Å². The van der Waals surface area contributed by atoms with Gasteiger partial charge in [0.1, 0.15) is 5.82 Å². The number of imidazole rings is 1. The number of halogens is 1. The van der Waals surface area contributed by atoms with Crippen molar-refractivity contribution in [2.24, 2.45) is 0 Å². The van der Waals surface area contributed by atoms with Crippen LogP contribution in [0.4, 0.5) is 4.39 Å². The Morgan fingerprint density at radius 1 is 1.53 bits per heavy atom. The molecule has 0 radical (unpaired) electrons. The fraction of sp³-hybridized carbons (Fsp3) is 0.200. The molecule has 0 atom stereocenters. The van der Waals surface area contributed by atoms with Crippen molar-refractivity contribution < 1.29 is 14.0 Å². The van der Waals surface area contributed by atoms with E-state index in [0.29, 0.717) is 22.4 Å². The van der Waals surface area contributed by atoms with E-state index in [1.165, 1.54) is 6.07 Å². The van der Waals surface area contributed by atoms with Crippen molar-refractivity contribution in [1.29, 1.82) is 0 Å². The van der Waals surface area contributed by atoms with Crippen molar-refractivity contribution in [2.45, 2.75) is 6.92 Å². The van der Waals surface area contributed by atoms with Gasteiger partial charge in [0.15, 0.2) is 4.77 Å². The SMILES string of the molecule is CCONC(=O)c1cc(F)cc2[nH]c(=S)[nH]c12. The maximum atomic E-state index is 13.3. The number of amides is 1.